The summed E-state index contributed by atoms with van der Waals surface area (Å²) in [5.74, 6) is -0.143. The molecule has 0 unspecified atom stereocenters. The van der Waals surface area contributed by atoms with Crippen LogP contribution in [0.15, 0.2) is 48.8 Å². The highest BCUT2D eigenvalue weighted by molar-refractivity contribution is 5.83. The molecule has 0 saturated carbocycles. The molecule has 0 aliphatic carbocycles. The molecule has 6 nitrogen and oxygen atoms in total. The van der Waals surface area contributed by atoms with Gasteiger partial charge in [-0.1, -0.05) is 6.07 Å². The van der Waals surface area contributed by atoms with E-state index in [2.05, 4.69) is 10.4 Å². The van der Waals surface area contributed by atoms with Gasteiger partial charge in [0.05, 0.1) is 6.20 Å². The first-order valence-electron chi connectivity index (χ1n) is 9.52. The van der Waals surface area contributed by atoms with E-state index in [1.54, 1.807) is 26.2 Å². The maximum Gasteiger partial charge on any atom is 0.247 e. The fourth-order valence-corrected chi connectivity index (χ4v) is 3.18. The Balaban J connectivity index is 1.50. The van der Waals surface area contributed by atoms with E-state index in [-0.39, 0.29) is 18.0 Å². The second kappa shape index (κ2) is 7.78. The number of amides is 1. The van der Waals surface area contributed by atoms with Gasteiger partial charge < -0.3 is 14.8 Å². The fraction of sp³-hybridized carbons (Fsp3) is 0.273. The number of nitrogens with one attached hydrogen (secondary N) is 1. The van der Waals surface area contributed by atoms with E-state index in [1.807, 2.05) is 18.2 Å². The highest BCUT2D eigenvalue weighted by atomic mass is 19.1. The molecule has 1 amide bonds. The third-order valence-corrected chi connectivity index (χ3v) is 5.03. The van der Waals surface area contributed by atoms with Gasteiger partial charge in [0.15, 0.2) is 11.5 Å². The third kappa shape index (κ3) is 3.85. The number of benzene rings is 2. The van der Waals surface area contributed by atoms with Gasteiger partial charge in [0, 0.05) is 23.9 Å². The monoisotopic (exact) mass is 413 g/mol. The molecule has 0 fully saturated rings. The SMILES string of the molecule is CC(C)(C(=O)NCc1cc(F)ccc1F)n1cc(-c2ccc3c(c2)OCCO3)cn1. The number of fused-ring (bicyclic) bond motifs is 1. The van der Waals surface area contributed by atoms with Crippen molar-refractivity contribution in [2.75, 3.05) is 13.2 Å². The Hall–Kier alpha value is -3.42. The van der Waals surface area contributed by atoms with Crippen molar-refractivity contribution in [2.45, 2.75) is 25.9 Å². The topological polar surface area (TPSA) is 65.4 Å². The summed E-state index contributed by atoms with van der Waals surface area (Å²) in [5, 5.41) is 6.99. The molecule has 4 rings (SSSR count). The lowest BCUT2D eigenvalue weighted by Gasteiger charge is -2.24. The zero-order valence-corrected chi connectivity index (χ0v) is 16.6. The van der Waals surface area contributed by atoms with E-state index < -0.39 is 17.2 Å². The highest BCUT2D eigenvalue weighted by Crippen LogP contribution is 2.34. The number of aromatic nitrogens is 2. The van der Waals surface area contributed by atoms with Crippen LogP contribution in [0.1, 0.15) is 19.4 Å². The lowest BCUT2D eigenvalue weighted by atomic mass is 10.0. The summed E-state index contributed by atoms with van der Waals surface area (Å²) in [7, 11) is 0. The molecule has 0 spiro atoms. The molecule has 0 bridgehead atoms. The molecule has 8 heteroatoms. The molecular formula is C22H21F2N3O3. The quantitative estimate of drug-likeness (QED) is 0.694. The Kier molecular flexibility index (Phi) is 5.15. The van der Waals surface area contributed by atoms with E-state index in [0.29, 0.717) is 24.7 Å². The average molecular weight is 413 g/mol. The lowest BCUT2D eigenvalue weighted by molar-refractivity contribution is -0.129. The van der Waals surface area contributed by atoms with Crippen LogP contribution >= 0.6 is 0 Å². The van der Waals surface area contributed by atoms with Crippen molar-refractivity contribution >= 4 is 5.91 Å². The number of nitrogens with zero attached hydrogens (tertiary/aromatic N) is 2. The Morgan fingerprint density at radius 3 is 2.67 bits per heavy atom. The second-order valence-electron chi connectivity index (χ2n) is 7.51. The Morgan fingerprint density at radius 1 is 1.10 bits per heavy atom. The molecule has 0 atom stereocenters. The molecule has 2 heterocycles. The zero-order chi connectivity index (χ0) is 21.3. The maximum absolute atomic E-state index is 13.8. The molecule has 0 saturated heterocycles. The van der Waals surface area contributed by atoms with Gasteiger partial charge in [-0.05, 0) is 49.7 Å². The number of ether oxygens (including phenoxy) is 2. The van der Waals surface area contributed by atoms with Crippen LogP contribution in [0.4, 0.5) is 8.78 Å². The normalized spacial score (nSPS) is 13.2. The summed E-state index contributed by atoms with van der Waals surface area (Å²) in [5.41, 5.74) is 0.722. The number of hydrogen-bond acceptors (Lipinski definition) is 4. The van der Waals surface area contributed by atoms with Crippen molar-refractivity contribution in [3.63, 3.8) is 0 Å². The number of halogens is 2. The summed E-state index contributed by atoms with van der Waals surface area (Å²) < 4.78 is 39.8. The number of carbonyl (C=O) groups excluding carboxylic acids is 1. The number of rotatable bonds is 5. The van der Waals surface area contributed by atoms with Gasteiger partial charge >= 0.3 is 0 Å². The predicted octanol–water partition coefficient (Wildman–Crippen LogP) is 3.65. The van der Waals surface area contributed by atoms with Crippen molar-refractivity contribution < 1.29 is 23.0 Å². The smallest absolute Gasteiger partial charge is 0.247 e. The van der Waals surface area contributed by atoms with Crippen molar-refractivity contribution in [1.29, 1.82) is 0 Å². The number of hydrogen-bond donors (Lipinski definition) is 1. The van der Waals surface area contributed by atoms with Crippen LogP contribution in [0.5, 0.6) is 11.5 Å². The van der Waals surface area contributed by atoms with Crippen LogP contribution in [0.2, 0.25) is 0 Å². The maximum atomic E-state index is 13.8. The molecule has 1 aromatic heterocycles. The Bertz CT molecular complexity index is 1090. The first-order valence-corrected chi connectivity index (χ1v) is 9.52. The minimum Gasteiger partial charge on any atom is -0.486 e. The van der Waals surface area contributed by atoms with Crippen molar-refractivity contribution in [1.82, 2.24) is 15.1 Å². The van der Waals surface area contributed by atoms with Gasteiger partial charge in [0.25, 0.3) is 0 Å². The van der Waals surface area contributed by atoms with E-state index in [1.165, 1.54) is 4.68 Å². The van der Waals surface area contributed by atoms with E-state index in [0.717, 1.165) is 29.3 Å². The molecule has 1 aliphatic heterocycles. The van der Waals surface area contributed by atoms with E-state index in [9.17, 15) is 13.6 Å². The lowest BCUT2D eigenvalue weighted by Crippen LogP contribution is -2.44. The minimum absolute atomic E-state index is 0.0802. The van der Waals surface area contributed by atoms with Crippen LogP contribution in [-0.4, -0.2) is 28.9 Å². The third-order valence-electron chi connectivity index (χ3n) is 5.03. The largest absolute Gasteiger partial charge is 0.486 e. The zero-order valence-electron chi connectivity index (χ0n) is 16.6. The van der Waals surface area contributed by atoms with Crippen molar-refractivity contribution in [3.05, 3.63) is 66.0 Å². The van der Waals surface area contributed by atoms with Gasteiger partial charge in [-0.15, -0.1) is 0 Å². The van der Waals surface area contributed by atoms with Crippen LogP contribution in [-0.2, 0) is 16.9 Å². The van der Waals surface area contributed by atoms with Crippen LogP contribution < -0.4 is 14.8 Å². The van der Waals surface area contributed by atoms with Gasteiger partial charge in [0.1, 0.15) is 30.4 Å². The standard InChI is InChI=1S/C22H21F2N3O3/c1-22(2,21(28)25-11-15-9-17(23)4-5-18(15)24)27-13-16(12-26-27)14-3-6-19-20(10-14)30-8-7-29-19/h3-6,9-10,12-13H,7-8,11H2,1-2H3,(H,25,28). The summed E-state index contributed by atoms with van der Waals surface area (Å²) in [4.78, 5) is 12.7. The molecular weight excluding hydrogens is 392 g/mol. The predicted molar refractivity (Wildman–Crippen MR) is 106 cm³/mol. The average Bonchev–Trinajstić information content (AvgIpc) is 3.25. The van der Waals surface area contributed by atoms with E-state index >= 15 is 0 Å². The highest BCUT2D eigenvalue weighted by Gasteiger charge is 2.31. The minimum atomic E-state index is -1.05. The summed E-state index contributed by atoms with van der Waals surface area (Å²) in [6, 6.07) is 8.75. The first kappa shape index (κ1) is 19.9. The summed E-state index contributed by atoms with van der Waals surface area (Å²) in [6.45, 7) is 4.29. The van der Waals surface area contributed by atoms with Gasteiger partial charge in [-0.3, -0.25) is 9.48 Å². The van der Waals surface area contributed by atoms with Crippen molar-refractivity contribution in [2.24, 2.45) is 0 Å². The van der Waals surface area contributed by atoms with Crippen molar-refractivity contribution in [3.8, 4) is 22.6 Å². The molecule has 1 N–H and O–H groups in total. The molecule has 1 aliphatic rings. The van der Waals surface area contributed by atoms with Gasteiger partial charge in [-0.2, -0.15) is 5.10 Å². The number of carbonyl (C=O) groups is 1. The first-order chi connectivity index (χ1) is 14.3. The van der Waals surface area contributed by atoms with Gasteiger partial charge in [0.2, 0.25) is 5.91 Å². The summed E-state index contributed by atoms with van der Waals surface area (Å²) >= 11 is 0. The Labute approximate surface area is 172 Å². The van der Waals surface area contributed by atoms with Gasteiger partial charge in [-0.25, -0.2) is 8.78 Å². The van der Waals surface area contributed by atoms with Crippen LogP contribution in [0.3, 0.4) is 0 Å². The summed E-state index contributed by atoms with van der Waals surface area (Å²) in [6.07, 6.45) is 3.42. The van der Waals surface area contributed by atoms with Crippen LogP contribution in [0.25, 0.3) is 11.1 Å². The molecule has 3 aromatic rings. The van der Waals surface area contributed by atoms with E-state index in [4.69, 9.17) is 9.47 Å². The Morgan fingerprint density at radius 2 is 1.87 bits per heavy atom. The molecule has 2 aromatic carbocycles. The fourth-order valence-electron chi connectivity index (χ4n) is 3.18. The van der Waals surface area contributed by atoms with Crippen LogP contribution in [0, 0.1) is 11.6 Å². The second-order valence-corrected chi connectivity index (χ2v) is 7.51. The molecule has 30 heavy (non-hydrogen) atoms. The molecule has 0 radical (unpaired) electrons. The molecule has 156 valence electrons.